The second-order valence-corrected chi connectivity index (χ2v) is 2.00. The van der Waals surface area contributed by atoms with E-state index < -0.39 is 0 Å². The van der Waals surface area contributed by atoms with Gasteiger partial charge < -0.3 is 6.26 Å². The van der Waals surface area contributed by atoms with Gasteiger partial charge in [-0.1, -0.05) is 5.16 Å². The fourth-order valence-electron chi connectivity index (χ4n) is 0.321. The number of nitrogens with zero attached hydrogens (tertiary/aromatic N) is 1. The molecule has 0 aliphatic carbocycles. The first-order valence-electron chi connectivity index (χ1n) is 2.91. The third kappa shape index (κ3) is 10.5. The van der Waals surface area contributed by atoms with Crippen molar-refractivity contribution in [2.24, 2.45) is 5.16 Å². The van der Waals surface area contributed by atoms with Crippen molar-refractivity contribution in [1.29, 1.82) is 0 Å². The summed E-state index contributed by atoms with van der Waals surface area (Å²) in [5.74, 6) is 0. The third-order valence-electron chi connectivity index (χ3n) is 0.676. The van der Waals surface area contributed by atoms with Gasteiger partial charge in [0.1, 0.15) is 13.2 Å². The number of hydrogen-bond acceptors (Lipinski definition) is 4. The van der Waals surface area contributed by atoms with E-state index in [1.807, 2.05) is 6.92 Å². The fourth-order valence-corrected chi connectivity index (χ4v) is 0.560. The largest absolute Gasteiger partial charge is 1.00 e. The average molecular weight is 187 g/mol. The summed E-state index contributed by atoms with van der Waals surface area (Å²) < 4.78 is 14.3. The van der Waals surface area contributed by atoms with Crippen molar-refractivity contribution in [2.75, 3.05) is 13.2 Å². The fraction of sp³-hybridized carbons (Fsp3) is 0.800. The Kier molecular flexibility index (Phi) is 13.5. The van der Waals surface area contributed by atoms with Crippen LogP contribution in [0.5, 0.6) is 0 Å². The summed E-state index contributed by atoms with van der Waals surface area (Å²) >= 11 is 0. The van der Waals surface area contributed by atoms with Crippen molar-refractivity contribution in [3.8, 4) is 0 Å². The standard InChI is InChI=1S/C5H10NO3P.Na.H/c1-3-8-6-5(2)4-9-10-7;;/h3-4H2,1-2H3;;/q;+1;-1/b6-5-;;. The molecule has 0 aromatic heterocycles. The quantitative estimate of drug-likeness (QED) is 0.233. The van der Waals surface area contributed by atoms with E-state index >= 15 is 0 Å². The monoisotopic (exact) mass is 187 g/mol. The van der Waals surface area contributed by atoms with Crippen molar-refractivity contribution in [2.45, 2.75) is 13.8 Å². The van der Waals surface area contributed by atoms with Crippen LogP contribution in [0.3, 0.4) is 0 Å². The Hall–Kier alpha value is 0.530. The molecule has 0 atom stereocenters. The molecule has 0 unspecified atom stereocenters. The summed E-state index contributed by atoms with van der Waals surface area (Å²) in [5, 5.41) is 3.63. The van der Waals surface area contributed by atoms with Gasteiger partial charge in [0.2, 0.25) is 0 Å². The number of rotatable bonds is 5. The van der Waals surface area contributed by atoms with Gasteiger partial charge in [0.25, 0.3) is 0 Å². The third-order valence-corrected chi connectivity index (χ3v) is 0.910. The molecule has 0 aromatic rings. The van der Waals surface area contributed by atoms with E-state index in [0.717, 1.165) is 0 Å². The van der Waals surface area contributed by atoms with Crippen LogP contribution in [0.4, 0.5) is 0 Å². The number of hydrogen-bond donors (Lipinski definition) is 0. The van der Waals surface area contributed by atoms with Crippen LogP contribution in [0, 0.1) is 0 Å². The van der Waals surface area contributed by atoms with E-state index in [9.17, 15) is 4.57 Å². The molecule has 0 amide bonds. The maximum absolute atomic E-state index is 9.76. The molecule has 0 heterocycles. The summed E-state index contributed by atoms with van der Waals surface area (Å²) in [5.41, 5.74) is 0.671. The van der Waals surface area contributed by atoms with E-state index in [-0.39, 0.29) is 46.3 Å². The molecule has 11 heavy (non-hydrogen) atoms. The molecule has 6 heteroatoms. The summed E-state index contributed by atoms with van der Waals surface area (Å²) in [6.07, 6.45) is 0. The maximum Gasteiger partial charge on any atom is 1.00 e. The summed E-state index contributed by atoms with van der Waals surface area (Å²) in [6.45, 7) is 4.35. The van der Waals surface area contributed by atoms with Gasteiger partial charge in [0.15, 0.2) is 0 Å². The van der Waals surface area contributed by atoms with Gasteiger partial charge in [-0.3, -0.25) is 4.52 Å². The van der Waals surface area contributed by atoms with Crippen molar-refractivity contribution >= 4 is 14.4 Å². The van der Waals surface area contributed by atoms with Crippen LogP contribution in [0.2, 0.25) is 0 Å². The Morgan fingerprint density at radius 2 is 2.36 bits per heavy atom. The zero-order chi connectivity index (χ0) is 7.82. The molecule has 0 saturated carbocycles. The van der Waals surface area contributed by atoms with Crippen molar-refractivity contribution < 1.29 is 44.9 Å². The van der Waals surface area contributed by atoms with Crippen LogP contribution in [-0.4, -0.2) is 18.9 Å². The van der Waals surface area contributed by atoms with Crippen LogP contribution in [0.15, 0.2) is 5.16 Å². The van der Waals surface area contributed by atoms with Crippen LogP contribution in [0.1, 0.15) is 15.3 Å². The Morgan fingerprint density at radius 1 is 1.73 bits per heavy atom. The summed E-state index contributed by atoms with van der Waals surface area (Å²) in [4.78, 5) is 4.70. The minimum atomic E-state index is -0.327. The summed E-state index contributed by atoms with van der Waals surface area (Å²) in [6, 6.07) is 0. The number of oxime groups is 1. The van der Waals surface area contributed by atoms with Crippen molar-refractivity contribution in [1.82, 2.24) is 0 Å². The van der Waals surface area contributed by atoms with Crippen LogP contribution in [0.25, 0.3) is 0 Å². The van der Waals surface area contributed by atoms with E-state index in [0.29, 0.717) is 12.3 Å². The second kappa shape index (κ2) is 10.5. The topological polar surface area (TPSA) is 47.9 Å². The molecule has 0 aromatic carbocycles. The maximum atomic E-state index is 9.76. The zero-order valence-electron chi connectivity index (χ0n) is 8.03. The van der Waals surface area contributed by atoms with Crippen LogP contribution < -0.4 is 29.6 Å². The van der Waals surface area contributed by atoms with Crippen LogP contribution in [-0.2, 0) is 13.9 Å². The zero-order valence-corrected chi connectivity index (χ0v) is 9.93. The molecule has 0 fully saturated rings. The minimum Gasteiger partial charge on any atom is -1.00 e. The molecule has 60 valence electrons. The molecule has 0 aliphatic heterocycles. The molecule has 4 nitrogen and oxygen atoms in total. The van der Waals surface area contributed by atoms with E-state index in [1.54, 1.807) is 6.92 Å². The van der Waals surface area contributed by atoms with E-state index in [4.69, 9.17) is 4.84 Å². The first-order valence-corrected chi connectivity index (χ1v) is 3.64. The Balaban J connectivity index is -0.000000405. The first kappa shape index (κ1) is 14.1. The Morgan fingerprint density at radius 3 is 2.82 bits per heavy atom. The van der Waals surface area contributed by atoms with Crippen molar-refractivity contribution in [3.05, 3.63) is 0 Å². The van der Waals surface area contributed by atoms with Gasteiger partial charge in [0.05, 0.1) is 5.71 Å². The molecule has 0 radical (unpaired) electrons. The molecule has 0 bridgehead atoms. The molecule has 0 N–H and O–H groups in total. The van der Waals surface area contributed by atoms with Gasteiger partial charge >= 0.3 is 38.2 Å². The van der Waals surface area contributed by atoms with E-state index in [1.165, 1.54) is 0 Å². The molecule has 0 aliphatic rings. The molecular weight excluding hydrogens is 176 g/mol. The minimum absolute atomic E-state index is 0. The predicted molar refractivity (Wildman–Crippen MR) is 39.4 cm³/mol. The van der Waals surface area contributed by atoms with Crippen molar-refractivity contribution in [3.63, 3.8) is 0 Å². The Labute approximate surface area is 91.4 Å². The van der Waals surface area contributed by atoms with E-state index in [2.05, 4.69) is 9.68 Å². The first-order chi connectivity index (χ1) is 4.81. The van der Waals surface area contributed by atoms with Gasteiger partial charge in [0, 0.05) is 0 Å². The molecule has 0 rings (SSSR count). The van der Waals surface area contributed by atoms with Crippen LogP contribution >= 0.6 is 8.69 Å². The van der Waals surface area contributed by atoms with Gasteiger partial charge in [-0.2, -0.15) is 0 Å². The van der Waals surface area contributed by atoms with Gasteiger partial charge in [-0.15, -0.1) is 0 Å². The molecule has 0 saturated heterocycles. The summed E-state index contributed by atoms with van der Waals surface area (Å²) in [7, 11) is -0.327. The molecular formula is C5H11NNaO3P. The Bertz CT molecular complexity index is 136. The normalized spacial score (nSPS) is 10.9. The van der Waals surface area contributed by atoms with Gasteiger partial charge in [-0.25, -0.2) is 4.57 Å². The smallest absolute Gasteiger partial charge is 1.00 e. The second-order valence-electron chi connectivity index (χ2n) is 1.59. The van der Waals surface area contributed by atoms with Gasteiger partial charge in [-0.05, 0) is 13.8 Å². The SMILES string of the molecule is CCO/N=C(/C)COP=O.[H-].[Na+]. The predicted octanol–water partition coefficient (Wildman–Crippen LogP) is -1.26. The molecule has 0 spiro atoms. The average Bonchev–Trinajstić information content (AvgIpc) is 1.97.